The molecule has 0 aliphatic rings. The summed E-state index contributed by atoms with van der Waals surface area (Å²) < 4.78 is 0. The Morgan fingerprint density at radius 3 is 2.43 bits per heavy atom. The van der Waals surface area contributed by atoms with E-state index < -0.39 is 17.4 Å². The number of carboxylic acids is 1. The third-order valence-corrected chi connectivity index (χ3v) is 3.70. The van der Waals surface area contributed by atoms with E-state index >= 15 is 0 Å². The van der Waals surface area contributed by atoms with E-state index in [9.17, 15) is 14.7 Å². The number of rotatable bonds is 5. The minimum atomic E-state index is -1.02. The molecule has 0 aliphatic carbocycles. The molecule has 1 atom stereocenters. The molecule has 5 heteroatoms. The smallest absolute Gasteiger partial charge is 0.326 e. The average Bonchev–Trinajstić information content (AvgIpc) is 2.35. The Morgan fingerprint density at radius 2 is 1.95 bits per heavy atom. The molecule has 0 saturated heterocycles. The standard InChI is InChI=1S/C16H22ClNO3/c1-10-5-6-11(9-12(10)17)7-8-13(19)18-14(15(20)21)16(2,3)4/h5-6,9,14H,7-8H2,1-4H3,(H,18,19)(H,20,21)/t14-/m0/s1. The van der Waals surface area contributed by atoms with Crippen molar-refractivity contribution in [1.29, 1.82) is 0 Å². The Bertz CT molecular complexity index is 535. The van der Waals surface area contributed by atoms with Crippen molar-refractivity contribution in [1.82, 2.24) is 5.32 Å². The predicted molar refractivity (Wildman–Crippen MR) is 83.5 cm³/mol. The Hall–Kier alpha value is -1.55. The van der Waals surface area contributed by atoms with Crippen LogP contribution in [0, 0.1) is 12.3 Å². The van der Waals surface area contributed by atoms with Gasteiger partial charge in [-0.2, -0.15) is 0 Å². The summed E-state index contributed by atoms with van der Waals surface area (Å²) in [6, 6.07) is 4.77. The number of aryl methyl sites for hydroxylation is 2. The lowest BCUT2D eigenvalue weighted by atomic mass is 9.86. The van der Waals surface area contributed by atoms with Crippen LogP contribution in [0.15, 0.2) is 18.2 Å². The lowest BCUT2D eigenvalue weighted by molar-refractivity contribution is -0.144. The van der Waals surface area contributed by atoms with E-state index in [0.717, 1.165) is 11.1 Å². The average molecular weight is 312 g/mol. The molecule has 1 aromatic rings. The van der Waals surface area contributed by atoms with Gasteiger partial charge in [0.05, 0.1) is 0 Å². The molecule has 0 fully saturated rings. The van der Waals surface area contributed by atoms with Crippen LogP contribution in [0.5, 0.6) is 0 Å². The molecule has 0 saturated carbocycles. The highest BCUT2D eigenvalue weighted by Crippen LogP contribution is 2.20. The molecule has 0 bridgehead atoms. The second kappa shape index (κ2) is 6.94. The van der Waals surface area contributed by atoms with Gasteiger partial charge in [0, 0.05) is 11.4 Å². The molecule has 116 valence electrons. The number of benzene rings is 1. The summed E-state index contributed by atoms with van der Waals surface area (Å²) in [6.45, 7) is 7.27. The molecule has 0 spiro atoms. The number of hydrogen-bond donors (Lipinski definition) is 2. The lowest BCUT2D eigenvalue weighted by Crippen LogP contribution is -2.49. The number of hydrogen-bond acceptors (Lipinski definition) is 2. The number of aliphatic carboxylic acids is 1. The summed E-state index contributed by atoms with van der Waals surface area (Å²) in [7, 11) is 0. The number of carboxylic acid groups (broad SMARTS) is 1. The number of carbonyl (C=O) groups is 2. The third-order valence-electron chi connectivity index (χ3n) is 3.30. The highest BCUT2D eigenvalue weighted by molar-refractivity contribution is 6.31. The maximum atomic E-state index is 11.9. The minimum Gasteiger partial charge on any atom is -0.480 e. The van der Waals surface area contributed by atoms with Gasteiger partial charge < -0.3 is 10.4 Å². The summed E-state index contributed by atoms with van der Waals surface area (Å²) in [4.78, 5) is 23.1. The maximum absolute atomic E-state index is 11.9. The number of nitrogens with one attached hydrogen (secondary N) is 1. The van der Waals surface area contributed by atoms with Gasteiger partial charge in [0.1, 0.15) is 6.04 Å². The second-order valence-electron chi connectivity index (χ2n) is 6.29. The van der Waals surface area contributed by atoms with Crippen LogP contribution in [0.3, 0.4) is 0 Å². The Kier molecular flexibility index (Phi) is 5.78. The zero-order chi connectivity index (χ0) is 16.2. The van der Waals surface area contributed by atoms with Crippen LogP contribution in [-0.2, 0) is 16.0 Å². The molecular weight excluding hydrogens is 290 g/mol. The maximum Gasteiger partial charge on any atom is 0.326 e. The van der Waals surface area contributed by atoms with Crippen LogP contribution >= 0.6 is 11.6 Å². The van der Waals surface area contributed by atoms with Crippen molar-refractivity contribution in [2.24, 2.45) is 5.41 Å². The molecule has 2 N–H and O–H groups in total. The molecule has 0 unspecified atom stereocenters. The topological polar surface area (TPSA) is 66.4 Å². The van der Waals surface area contributed by atoms with Crippen LogP contribution in [0.1, 0.15) is 38.3 Å². The van der Waals surface area contributed by atoms with E-state index in [4.69, 9.17) is 11.6 Å². The van der Waals surface area contributed by atoms with E-state index in [0.29, 0.717) is 11.4 Å². The van der Waals surface area contributed by atoms with Crippen molar-refractivity contribution in [3.63, 3.8) is 0 Å². The summed E-state index contributed by atoms with van der Waals surface area (Å²) >= 11 is 6.04. The first-order valence-electron chi connectivity index (χ1n) is 6.88. The van der Waals surface area contributed by atoms with Crippen LogP contribution in [-0.4, -0.2) is 23.0 Å². The van der Waals surface area contributed by atoms with Crippen molar-refractivity contribution in [3.8, 4) is 0 Å². The van der Waals surface area contributed by atoms with Gasteiger partial charge in [0.25, 0.3) is 0 Å². The van der Waals surface area contributed by atoms with Crippen LogP contribution in [0.2, 0.25) is 5.02 Å². The first-order chi connectivity index (χ1) is 9.61. The van der Waals surface area contributed by atoms with Crippen molar-refractivity contribution in [3.05, 3.63) is 34.3 Å². The lowest BCUT2D eigenvalue weighted by Gasteiger charge is -2.27. The third kappa shape index (κ3) is 5.38. The zero-order valence-electron chi connectivity index (χ0n) is 12.9. The molecule has 1 rings (SSSR count). The predicted octanol–water partition coefficient (Wildman–Crippen LogP) is 3.20. The van der Waals surface area contributed by atoms with E-state index in [1.54, 1.807) is 20.8 Å². The first kappa shape index (κ1) is 17.5. The Balaban J connectivity index is 2.61. The first-order valence-corrected chi connectivity index (χ1v) is 7.26. The van der Waals surface area contributed by atoms with E-state index in [2.05, 4.69) is 5.32 Å². The largest absolute Gasteiger partial charge is 0.480 e. The van der Waals surface area contributed by atoms with Crippen molar-refractivity contribution in [2.45, 2.75) is 46.6 Å². The Morgan fingerprint density at radius 1 is 1.33 bits per heavy atom. The van der Waals surface area contributed by atoms with Gasteiger partial charge in [-0.25, -0.2) is 4.79 Å². The number of halogens is 1. The molecule has 0 radical (unpaired) electrons. The van der Waals surface area contributed by atoms with Crippen LogP contribution in [0.25, 0.3) is 0 Å². The summed E-state index contributed by atoms with van der Waals surface area (Å²) in [5.41, 5.74) is 1.42. The number of amides is 1. The molecule has 1 aromatic carbocycles. The monoisotopic (exact) mass is 311 g/mol. The quantitative estimate of drug-likeness (QED) is 0.877. The fourth-order valence-corrected chi connectivity index (χ4v) is 2.13. The molecule has 4 nitrogen and oxygen atoms in total. The highest BCUT2D eigenvalue weighted by atomic mass is 35.5. The molecule has 0 aliphatic heterocycles. The van der Waals surface area contributed by atoms with Crippen molar-refractivity contribution >= 4 is 23.5 Å². The zero-order valence-corrected chi connectivity index (χ0v) is 13.6. The Labute approximate surface area is 130 Å². The van der Waals surface area contributed by atoms with Gasteiger partial charge in [-0.05, 0) is 36.0 Å². The highest BCUT2D eigenvalue weighted by Gasteiger charge is 2.32. The molecular formula is C16H22ClNO3. The fraction of sp³-hybridized carbons (Fsp3) is 0.500. The van der Waals surface area contributed by atoms with Gasteiger partial charge in [-0.3, -0.25) is 4.79 Å². The van der Waals surface area contributed by atoms with Crippen molar-refractivity contribution in [2.75, 3.05) is 0 Å². The van der Waals surface area contributed by atoms with E-state index in [1.165, 1.54) is 0 Å². The second-order valence-corrected chi connectivity index (χ2v) is 6.70. The normalized spacial score (nSPS) is 12.8. The van der Waals surface area contributed by atoms with Crippen molar-refractivity contribution < 1.29 is 14.7 Å². The SMILES string of the molecule is Cc1ccc(CCC(=O)N[C@@H](C(=O)O)C(C)(C)C)cc1Cl. The van der Waals surface area contributed by atoms with Crippen LogP contribution < -0.4 is 5.32 Å². The summed E-state index contributed by atoms with van der Waals surface area (Å²) in [5.74, 6) is -1.29. The fourth-order valence-electron chi connectivity index (χ4n) is 1.93. The van der Waals surface area contributed by atoms with E-state index in [1.807, 2.05) is 25.1 Å². The van der Waals surface area contributed by atoms with Crippen LogP contribution in [0.4, 0.5) is 0 Å². The van der Waals surface area contributed by atoms with Gasteiger partial charge >= 0.3 is 5.97 Å². The van der Waals surface area contributed by atoms with Gasteiger partial charge in [-0.1, -0.05) is 44.5 Å². The summed E-state index contributed by atoms with van der Waals surface area (Å²) in [6.07, 6.45) is 0.765. The molecule has 1 amide bonds. The molecule has 21 heavy (non-hydrogen) atoms. The molecule has 0 aromatic heterocycles. The van der Waals surface area contributed by atoms with Gasteiger partial charge in [0.15, 0.2) is 0 Å². The van der Waals surface area contributed by atoms with Gasteiger partial charge in [0.2, 0.25) is 5.91 Å². The van der Waals surface area contributed by atoms with Gasteiger partial charge in [-0.15, -0.1) is 0 Å². The summed E-state index contributed by atoms with van der Waals surface area (Å²) in [5, 5.41) is 12.4. The molecule has 0 heterocycles. The number of carbonyl (C=O) groups excluding carboxylic acids is 1. The van der Waals surface area contributed by atoms with E-state index in [-0.39, 0.29) is 12.3 Å². The minimum absolute atomic E-state index is 0.235.